The summed E-state index contributed by atoms with van der Waals surface area (Å²) in [6.45, 7) is 0.353. The third kappa shape index (κ3) is 5.39. The van der Waals surface area contributed by atoms with Gasteiger partial charge in [-0.25, -0.2) is 14.8 Å². The number of allylic oxidation sites excluding steroid dienone is 1. The van der Waals surface area contributed by atoms with E-state index in [0.29, 0.717) is 34.5 Å². The molecule has 0 saturated carbocycles. The Morgan fingerprint density at radius 2 is 1.85 bits per heavy atom. The van der Waals surface area contributed by atoms with Crippen LogP contribution in [0.1, 0.15) is 21.7 Å². The first-order chi connectivity index (χ1) is 19.0. The number of nitriles is 1. The Bertz CT molecular complexity index is 1790. The molecule has 5 aromatic rings. The van der Waals surface area contributed by atoms with Gasteiger partial charge in [0.05, 0.1) is 40.4 Å². The Balaban J connectivity index is 1.52. The van der Waals surface area contributed by atoms with Crippen molar-refractivity contribution < 1.29 is 14.6 Å². The molecule has 0 aliphatic carbocycles. The second-order valence-electron chi connectivity index (χ2n) is 8.64. The highest BCUT2D eigenvalue weighted by Crippen LogP contribution is 2.25. The van der Waals surface area contributed by atoms with E-state index in [9.17, 15) is 20.0 Å². The van der Waals surface area contributed by atoms with Gasteiger partial charge in [-0.3, -0.25) is 9.36 Å². The van der Waals surface area contributed by atoms with Gasteiger partial charge in [-0.15, -0.1) is 0 Å². The fourth-order valence-electron chi connectivity index (χ4n) is 4.17. The summed E-state index contributed by atoms with van der Waals surface area (Å²) in [6.07, 6.45) is 0.589. The maximum Gasteiger partial charge on any atom is 0.337 e. The summed E-state index contributed by atoms with van der Waals surface area (Å²) in [6, 6.07) is 23.7. The zero-order valence-corrected chi connectivity index (χ0v) is 21.7. The van der Waals surface area contributed by atoms with Crippen LogP contribution in [0.25, 0.3) is 27.5 Å². The number of nitrogens with zero attached hydrogens (tertiary/aromatic N) is 4. The van der Waals surface area contributed by atoms with Gasteiger partial charge in [0.1, 0.15) is 17.4 Å². The van der Waals surface area contributed by atoms with Crippen molar-refractivity contribution in [2.24, 2.45) is 0 Å². The number of benzene rings is 3. The number of thioether (sulfide) groups is 1. The molecule has 10 heteroatoms. The predicted octanol–water partition coefficient (Wildman–Crippen LogP) is 4.89. The Kier molecular flexibility index (Phi) is 7.43. The van der Waals surface area contributed by atoms with E-state index in [1.54, 1.807) is 10.6 Å². The smallest absolute Gasteiger partial charge is 0.337 e. The van der Waals surface area contributed by atoms with Gasteiger partial charge >= 0.3 is 5.97 Å². The first-order valence-electron chi connectivity index (χ1n) is 12.1. The molecule has 0 saturated heterocycles. The van der Waals surface area contributed by atoms with E-state index in [1.807, 2.05) is 60.7 Å². The zero-order valence-electron chi connectivity index (χ0n) is 20.9. The topological polar surface area (TPSA) is 134 Å². The van der Waals surface area contributed by atoms with Crippen molar-refractivity contribution in [2.45, 2.75) is 18.1 Å². The van der Waals surface area contributed by atoms with Crippen LogP contribution in [0.15, 0.2) is 88.5 Å². The highest BCUT2D eigenvalue weighted by molar-refractivity contribution is 7.99. The number of imidazole rings is 1. The molecule has 2 N–H and O–H groups in total. The Labute approximate surface area is 227 Å². The Morgan fingerprint density at radius 3 is 2.59 bits per heavy atom. The van der Waals surface area contributed by atoms with Gasteiger partial charge in [-0.1, -0.05) is 54.2 Å². The number of esters is 1. The minimum Gasteiger partial charge on any atom is -0.510 e. The highest BCUT2D eigenvalue weighted by atomic mass is 32.2. The number of hydrogen-bond donors (Lipinski definition) is 2. The average molecular weight is 538 g/mol. The maximum atomic E-state index is 13.5. The van der Waals surface area contributed by atoms with E-state index in [2.05, 4.69) is 15.0 Å². The lowest BCUT2D eigenvalue weighted by Gasteiger charge is -2.14. The van der Waals surface area contributed by atoms with Crippen molar-refractivity contribution in [3.05, 3.63) is 106 Å². The van der Waals surface area contributed by atoms with Crippen molar-refractivity contribution in [2.75, 3.05) is 12.9 Å². The highest BCUT2D eigenvalue weighted by Gasteiger charge is 2.18. The summed E-state index contributed by atoms with van der Waals surface area (Å²) >= 11 is 1.12. The van der Waals surface area contributed by atoms with Gasteiger partial charge in [0.2, 0.25) is 0 Å². The number of rotatable bonds is 8. The van der Waals surface area contributed by atoms with Crippen molar-refractivity contribution >= 4 is 45.2 Å². The number of fused-ring (bicyclic) bond motifs is 2. The molecule has 0 radical (unpaired) electrons. The molecule has 194 valence electrons. The quantitative estimate of drug-likeness (QED) is 0.0940. The molecular weight excluding hydrogens is 514 g/mol. The second-order valence-corrected chi connectivity index (χ2v) is 9.58. The number of hydrogen-bond acceptors (Lipinski definition) is 8. The van der Waals surface area contributed by atoms with E-state index in [1.165, 1.54) is 19.2 Å². The number of nitrogens with one attached hydrogen (secondary N) is 1. The lowest BCUT2D eigenvalue weighted by Crippen LogP contribution is -2.24. The third-order valence-corrected chi connectivity index (χ3v) is 7.16. The number of aliphatic hydroxyl groups excluding tert-OH is 1. The fraction of sp³-hybridized carbons (Fsp3) is 0.138. The largest absolute Gasteiger partial charge is 0.510 e. The molecule has 2 heterocycles. The Hall–Kier alpha value is -4.88. The number of para-hydroxylation sites is 2. The number of H-pyrrole nitrogens is 1. The molecule has 3 aromatic carbocycles. The van der Waals surface area contributed by atoms with Gasteiger partial charge in [-0.05, 0) is 42.3 Å². The number of methoxy groups -OCH3 is 1. The molecule has 0 aliphatic rings. The number of ether oxygens (including phenoxy) is 1. The molecule has 0 fully saturated rings. The van der Waals surface area contributed by atoms with E-state index < -0.39 is 5.97 Å². The molecule has 9 nitrogen and oxygen atoms in total. The van der Waals surface area contributed by atoms with Crippen molar-refractivity contribution in [1.82, 2.24) is 19.5 Å². The predicted molar refractivity (Wildman–Crippen MR) is 149 cm³/mol. The standard InChI is InChI=1S/C29H23N5O4S/c1-38-28(37)19-11-12-20-24(15-19)33-29(34(27(20)36)14-13-18-7-3-2-4-8-18)39-17-25(35)21(16-30)26-31-22-9-5-6-10-23(22)32-26/h2-12,15,35H,13-14,17H2,1H3,(H,31,32). The average Bonchev–Trinajstić information content (AvgIpc) is 3.39. The molecule has 0 bridgehead atoms. The monoisotopic (exact) mass is 537 g/mol. The van der Waals surface area contributed by atoms with E-state index in [0.717, 1.165) is 22.8 Å². The van der Waals surface area contributed by atoms with Crippen LogP contribution in [-0.2, 0) is 17.7 Å². The van der Waals surface area contributed by atoms with Gasteiger partial charge in [0, 0.05) is 6.54 Å². The Morgan fingerprint density at radius 1 is 1.08 bits per heavy atom. The zero-order chi connectivity index (χ0) is 27.4. The van der Waals surface area contributed by atoms with Crippen LogP contribution in [0.2, 0.25) is 0 Å². The molecule has 0 amide bonds. The summed E-state index contributed by atoms with van der Waals surface area (Å²) < 4.78 is 6.36. The van der Waals surface area contributed by atoms with Crippen LogP contribution in [0.5, 0.6) is 0 Å². The number of aliphatic hydroxyl groups is 1. The number of carbonyl (C=O) groups excluding carboxylic acids is 1. The number of aryl methyl sites for hydroxylation is 1. The lowest BCUT2D eigenvalue weighted by molar-refractivity contribution is 0.0601. The molecule has 39 heavy (non-hydrogen) atoms. The molecule has 0 spiro atoms. The molecule has 0 aliphatic heterocycles. The second kappa shape index (κ2) is 11.2. The lowest BCUT2D eigenvalue weighted by atomic mass is 10.1. The maximum absolute atomic E-state index is 13.5. The normalized spacial score (nSPS) is 11.8. The van der Waals surface area contributed by atoms with Crippen molar-refractivity contribution in [1.29, 1.82) is 5.26 Å². The van der Waals surface area contributed by atoms with Crippen LogP contribution in [-0.4, -0.2) is 43.5 Å². The molecule has 5 rings (SSSR count). The van der Waals surface area contributed by atoms with Crippen LogP contribution in [0, 0.1) is 11.3 Å². The summed E-state index contributed by atoms with van der Waals surface area (Å²) in [5.74, 6) is -0.507. The van der Waals surface area contributed by atoms with Crippen LogP contribution in [0.4, 0.5) is 0 Å². The molecule has 2 aromatic heterocycles. The molecule has 0 atom stereocenters. The van der Waals surface area contributed by atoms with Gasteiger partial charge in [0.15, 0.2) is 11.0 Å². The van der Waals surface area contributed by atoms with Crippen molar-refractivity contribution in [3.8, 4) is 6.07 Å². The molecular formula is C29H23N5O4S. The minimum absolute atomic E-state index is 0.00523. The number of aromatic nitrogens is 4. The summed E-state index contributed by atoms with van der Waals surface area (Å²) in [5.41, 5.74) is 2.82. The SMILES string of the molecule is COC(=O)c1ccc2c(=O)n(CCc3ccccc3)c(SCC(O)=C(C#N)c3nc4ccccc4[nH]3)nc2c1. The van der Waals surface area contributed by atoms with E-state index in [4.69, 9.17) is 4.74 Å². The van der Waals surface area contributed by atoms with Crippen LogP contribution < -0.4 is 5.56 Å². The third-order valence-electron chi connectivity index (χ3n) is 6.17. The van der Waals surface area contributed by atoms with Crippen LogP contribution >= 0.6 is 11.8 Å². The van der Waals surface area contributed by atoms with Gasteiger partial charge in [-0.2, -0.15) is 5.26 Å². The molecule has 0 unspecified atom stereocenters. The van der Waals surface area contributed by atoms with Crippen molar-refractivity contribution in [3.63, 3.8) is 0 Å². The minimum atomic E-state index is -0.536. The summed E-state index contributed by atoms with van der Waals surface area (Å²) in [4.78, 5) is 37.7. The van der Waals surface area contributed by atoms with E-state index in [-0.39, 0.29) is 34.0 Å². The van der Waals surface area contributed by atoms with Gasteiger partial charge in [0.25, 0.3) is 5.56 Å². The first kappa shape index (κ1) is 25.8. The van der Waals surface area contributed by atoms with Gasteiger partial charge < -0.3 is 14.8 Å². The number of carbonyl (C=O) groups is 1. The van der Waals surface area contributed by atoms with Crippen LogP contribution in [0.3, 0.4) is 0 Å². The fourth-order valence-corrected chi connectivity index (χ4v) is 5.07. The summed E-state index contributed by atoms with van der Waals surface area (Å²) in [7, 11) is 1.28. The summed E-state index contributed by atoms with van der Waals surface area (Å²) in [5, 5.41) is 21.4. The first-order valence-corrected chi connectivity index (χ1v) is 13.0. The number of aromatic amines is 1. The van der Waals surface area contributed by atoms with E-state index >= 15 is 0 Å².